The average Bonchev–Trinajstić information content (AvgIpc) is 3.73. The summed E-state index contributed by atoms with van der Waals surface area (Å²) in [5.74, 6) is 2.45. The van der Waals surface area contributed by atoms with E-state index in [9.17, 15) is 9.59 Å². The van der Waals surface area contributed by atoms with Gasteiger partial charge in [-0.3, -0.25) is 29.8 Å². The number of hydrogen-bond acceptors (Lipinski definition) is 12. The molecule has 1 aromatic heterocycles. The number of ether oxygens (including phenoxy) is 1. The average molecular weight is 786 g/mol. The Morgan fingerprint density at radius 3 is 2.24 bits per heavy atom. The van der Waals surface area contributed by atoms with Gasteiger partial charge in [0.15, 0.2) is 0 Å². The molecule has 3 aromatic carbocycles. The zero-order chi connectivity index (χ0) is 39.8. The molecule has 304 valence electrons. The lowest BCUT2D eigenvalue weighted by atomic mass is 10.00. The molecule has 5 heterocycles. The van der Waals surface area contributed by atoms with Gasteiger partial charge in [-0.25, -0.2) is 14.8 Å². The number of nitrogens with zero attached hydrogens (tertiary/aromatic N) is 8. The van der Waals surface area contributed by atoms with Crippen LogP contribution in [0.1, 0.15) is 43.2 Å². The first kappa shape index (κ1) is 39.3. The number of carbonyl (C=O) groups is 2. The van der Waals surface area contributed by atoms with Gasteiger partial charge in [-0.15, -0.1) is 0 Å². The Morgan fingerprint density at radius 2 is 1.52 bits per heavy atom. The summed E-state index contributed by atoms with van der Waals surface area (Å²) in [6, 6.07) is 26.3. The third-order valence-electron chi connectivity index (χ3n) is 12.0. The van der Waals surface area contributed by atoms with E-state index in [1.165, 1.54) is 31.4 Å². The van der Waals surface area contributed by atoms with Crippen LogP contribution in [0, 0.1) is 0 Å². The van der Waals surface area contributed by atoms with Crippen LogP contribution >= 0.6 is 0 Å². The molecule has 8 rings (SSSR count). The van der Waals surface area contributed by atoms with Crippen LogP contribution in [0.25, 0.3) is 0 Å². The summed E-state index contributed by atoms with van der Waals surface area (Å²) in [5, 5.41) is 6.12. The van der Waals surface area contributed by atoms with Crippen LogP contribution < -0.4 is 30.9 Å². The second-order valence-electron chi connectivity index (χ2n) is 15.6. The Bertz CT molecular complexity index is 2030. The number of imide groups is 1. The smallest absolute Gasteiger partial charge is 0.328 e. The second kappa shape index (κ2) is 18.3. The van der Waals surface area contributed by atoms with Crippen molar-refractivity contribution in [3.63, 3.8) is 0 Å². The number of nitrogens with one attached hydrogen (secondary N) is 2. The van der Waals surface area contributed by atoms with E-state index in [0.29, 0.717) is 24.8 Å². The maximum Gasteiger partial charge on any atom is 0.328 e. The fourth-order valence-electron chi connectivity index (χ4n) is 8.75. The summed E-state index contributed by atoms with van der Waals surface area (Å²) >= 11 is 0. The fraction of sp³-hybridized carbons (Fsp3) is 0.432. The van der Waals surface area contributed by atoms with Crippen molar-refractivity contribution in [1.82, 2.24) is 30.0 Å². The van der Waals surface area contributed by atoms with Gasteiger partial charge in [0.05, 0.1) is 11.3 Å². The molecule has 1 atom stereocenters. The number of aromatic nitrogens is 2. The zero-order valence-corrected chi connectivity index (χ0v) is 33.4. The number of piperazine rings is 1. The Balaban J connectivity index is 0.755. The molecule has 0 aliphatic carbocycles. The molecule has 0 bridgehead atoms. The number of nitrogen functional groups attached to an aromatic ring is 1. The van der Waals surface area contributed by atoms with Crippen LogP contribution in [0.5, 0.6) is 11.5 Å². The van der Waals surface area contributed by atoms with Crippen molar-refractivity contribution in [2.75, 3.05) is 99.9 Å². The number of likely N-dealkylation sites (tertiary alicyclic amines) is 2. The number of urea groups is 1. The molecular weight excluding hydrogens is 731 g/mol. The van der Waals surface area contributed by atoms with Gasteiger partial charge in [-0.2, -0.15) is 0 Å². The van der Waals surface area contributed by atoms with Crippen LogP contribution in [0.15, 0.2) is 90.2 Å². The van der Waals surface area contributed by atoms with Gasteiger partial charge >= 0.3 is 6.03 Å². The van der Waals surface area contributed by atoms with E-state index in [-0.39, 0.29) is 18.0 Å². The molecular formula is C44H55N11O3. The number of piperidine rings is 1. The first-order valence-corrected chi connectivity index (χ1v) is 20.7. The first-order chi connectivity index (χ1) is 28.4. The van der Waals surface area contributed by atoms with Crippen molar-refractivity contribution in [3.05, 3.63) is 96.3 Å². The standard InChI is InChI=1S/C44H55N11O3/c1-46-41(32-8-14-38(15-9-32)58-37-6-3-2-4-7-37)40-42(45)47-31-48-43(40)49-33-16-23-53(24-17-33)36-18-22-52(30-36)21-5-20-51-26-28-54(29-27-51)34-10-12-35(13-11-34)55-25-19-39(56)50-44(55)57/h2-4,6-15,31,33,36H,5,16-30H2,1H3,(H,50,56,57)(H3,45,47,48,49). The molecule has 14 heteroatoms. The van der Waals surface area contributed by atoms with Crippen LogP contribution in [0.2, 0.25) is 0 Å². The Hall–Kier alpha value is -5.57. The van der Waals surface area contributed by atoms with Gasteiger partial charge < -0.3 is 25.6 Å². The van der Waals surface area contributed by atoms with E-state index < -0.39 is 0 Å². The van der Waals surface area contributed by atoms with Crippen molar-refractivity contribution < 1.29 is 14.3 Å². The topological polar surface area (TPSA) is 148 Å². The molecule has 4 N–H and O–H groups in total. The molecule has 3 amide bonds. The summed E-state index contributed by atoms with van der Waals surface area (Å²) in [5.41, 5.74) is 10.9. The van der Waals surface area contributed by atoms with Gasteiger partial charge in [0.1, 0.15) is 29.5 Å². The minimum Gasteiger partial charge on any atom is -0.457 e. The van der Waals surface area contributed by atoms with Crippen molar-refractivity contribution >= 4 is 40.7 Å². The lowest BCUT2D eigenvalue weighted by Crippen LogP contribution is -2.49. The number of amides is 3. The second-order valence-corrected chi connectivity index (χ2v) is 15.6. The van der Waals surface area contributed by atoms with E-state index in [1.807, 2.05) is 66.7 Å². The molecule has 4 aromatic rings. The minimum absolute atomic E-state index is 0.213. The van der Waals surface area contributed by atoms with Gasteiger partial charge in [-0.05, 0) is 106 Å². The van der Waals surface area contributed by atoms with Crippen molar-refractivity contribution in [3.8, 4) is 11.5 Å². The number of para-hydroxylation sites is 1. The van der Waals surface area contributed by atoms with Crippen LogP contribution in [-0.4, -0.2) is 133 Å². The highest BCUT2D eigenvalue weighted by Crippen LogP contribution is 2.29. The lowest BCUT2D eigenvalue weighted by Gasteiger charge is -2.37. The Labute approximate surface area is 341 Å². The summed E-state index contributed by atoms with van der Waals surface area (Å²) in [7, 11) is 1.78. The van der Waals surface area contributed by atoms with E-state index >= 15 is 0 Å². The van der Waals surface area contributed by atoms with E-state index in [1.54, 1.807) is 11.9 Å². The van der Waals surface area contributed by atoms with Crippen molar-refractivity contribution in [2.45, 2.75) is 44.2 Å². The number of nitrogens with two attached hydrogens (primary N) is 1. The predicted octanol–water partition coefficient (Wildman–Crippen LogP) is 4.93. The zero-order valence-electron chi connectivity index (χ0n) is 33.4. The Kier molecular flexibility index (Phi) is 12.4. The summed E-state index contributed by atoms with van der Waals surface area (Å²) in [4.78, 5) is 49.4. The lowest BCUT2D eigenvalue weighted by molar-refractivity contribution is -0.120. The first-order valence-electron chi connectivity index (χ1n) is 20.7. The monoisotopic (exact) mass is 785 g/mol. The summed E-state index contributed by atoms with van der Waals surface area (Å²) < 4.78 is 6.00. The number of benzene rings is 3. The molecule has 58 heavy (non-hydrogen) atoms. The third kappa shape index (κ3) is 9.41. The summed E-state index contributed by atoms with van der Waals surface area (Å²) in [6.07, 6.45) is 6.35. The molecule has 4 fully saturated rings. The SMILES string of the molecule is CN=C(c1ccc(Oc2ccccc2)cc1)c1c(N)ncnc1NC1CCN(C2CCN(CCCN3CCN(c4ccc(N5CCC(=O)NC5=O)cc4)CC3)C2)CC1. The quantitative estimate of drug-likeness (QED) is 0.159. The van der Waals surface area contributed by atoms with E-state index in [0.717, 1.165) is 112 Å². The van der Waals surface area contributed by atoms with Gasteiger partial charge in [0.2, 0.25) is 5.91 Å². The number of anilines is 4. The fourth-order valence-corrected chi connectivity index (χ4v) is 8.75. The number of rotatable bonds is 13. The molecule has 0 saturated carbocycles. The van der Waals surface area contributed by atoms with Gasteiger partial charge in [-0.1, -0.05) is 18.2 Å². The van der Waals surface area contributed by atoms with Crippen molar-refractivity contribution in [1.29, 1.82) is 0 Å². The molecule has 0 radical (unpaired) electrons. The largest absolute Gasteiger partial charge is 0.457 e. The number of hydrogen-bond donors (Lipinski definition) is 3. The van der Waals surface area contributed by atoms with Crippen LogP contribution in [0.3, 0.4) is 0 Å². The third-order valence-corrected chi connectivity index (χ3v) is 12.0. The molecule has 14 nitrogen and oxygen atoms in total. The van der Waals surface area contributed by atoms with E-state index in [4.69, 9.17) is 10.5 Å². The highest BCUT2D eigenvalue weighted by atomic mass is 16.5. The molecule has 4 aliphatic rings. The number of carbonyl (C=O) groups excluding carboxylic acids is 2. The molecule has 4 aliphatic heterocycles. The predicted molar refractivity (Wildman–Crippen MR) is 229 cm³/mol. The van der Waals surface area contributed by atoms with E-state index in [2.05, 4.69) is 57.3 Å². The molecule has 4 saturated heterocycles. The molecule has 1 unspecified atom stereocenters. The molecule has 0 spiro atoms. The van der Waals surface area contributed by atoms with Gasteiger partial charge in [0, 0.05) is 94.8 Å². The normalized spacial score (nSPS) is 20.4. The number of aliphatic imine (C=N–C) groups is 1. The minimum atomic E-state index is -0.344. The Morgan fingerprint density at radius 1 is 0.810 bits per heavy atom. The maximum absolute atomic E-state index is 12.2. The highest BCUT2D eigenvalue weighted by Gasteiger charge is 2.31. The van der Waals surface area contributed by atoms with Crippen molar-refractivity contribution in [2.24, 2.45) is 4.99 Å². The van der Waals surface area contributed by atoms with Crippen LogP contribution in [0.4, 0.5) is 27.8 Å². The summed E-state index contributed by atoms with van der Waals surface area (Å²) in [6.45, 7) is 11.2. The van der Waals surface area contributed by atoms with Gasteiger partial charge in [0.25, 0.3) is 0 Å². The maximum atomic E-state index is 12.2. The highest BCUT2D eigenvalue weighted by molar-refractivity contribution is 6.18. The van der Waals surface area contributed by atoms with Crippen LogP contribution in [-0.2, 0) is 4.79 Å².